The largest absolute Gasteiger partial charge is 0.313 e. The zero-order valence-corrected chi connectivity index (χ0v) is 12.5. The van der Waals surface area contributed by atoms with Gasteiger partial charge < -0.3 is 5.32 Å². The Hall–Kier alpha value is -1.67. The second kappa shape index (κ2) is 6.40. The van der Waals surface area contributed by atoms with Crippen LogP contribution in [-0.4, -0.2) is 12.6 Å². The summed E-state index contributed by atoms with van der Waals surface area (Å²) in [5.74, 6) is 0.248. The molecule has 1 fully saturated rings. The van der Waals surface area contributed by atoms with Gasteiger partial charge in [-0.15, -0.1) is 0 Å². The number of aryl methyl sites for hydroxylation is 1. The minimum absolute atomic E-state index is 0.148. The van der Waals surface area contributed by atoms with Crippen LogP contribution in [0.3, 0.4) is 0 Å². The molecule has 0 heterocycles. The van der Waals surface area contributed by atoms with Gasteiger partial charge >= 0.3 is 0 Å². The van der Waals surface area contributed by atoms with E-state index in [4.69, 9.17) is 0 Å². The van der Waals surface area contributed by atoms with Crippen LogP contribution in [-0.2, 0) is 6.42 Å². The fraction of sp³-hybridized carbons (Fsp3) is 0.368. The molecule has 2 aromatic rings. The summed E-state index contributed by atoms with van der Waals surface area (Å²) in [6.45, 7) is 3.09. The van der Waals surface area contributed by atoms with Gasteiger partial charge in [-0.2, -0.15) is 0 Å². The molecular formula is C19H22FN. The minimum Gasteiger partial charge on any atom is -0.313 e. The average Bonchev–Trinajstić information content (AvgIpc) is 3.27. The fourth-order valence-electron chi connectivity index (χ4n) is 2.78. The first-order chi connectivity index (χ1) is 10.2. The Kier molecular flexibility index (Phi) is 4.35. The van der Waals surface area contributed by atoms with E-state index in [0.29, 0.717) is 12.0 Å². The lowest BCUT2D eigenvalue weighted by Gasteiger charge is -2.19. The second-order valence-electron chi connectivity index (χ2n) is 6.13. The van der Waals surface area contributed by atoms with Crippen molar-refractivity contribution in [1.82, 2.24) is 5.32 Å². The summed E-state index contributed by atoms with van der Waals surface area (Å²) in [5, 5.41) is 3.62. The molecule has 0 bridgehead atoms. The third-order valence-corrected chi connectivity index (χ3v) is 4.11. The monoisotopic (exact) mass is 283 g/mol. The number of hydrogen-bond acceptors (Lipinski definition) is 1. The van der Waals surface area contributed by atoms with Crippen molar-refractivity contribution in [1.29, 1.82) is 0 Å². The lowest BCUT2D eigenvalue weighted by atomic mass is 9.91. The van der Waals surface area contributed by atoms with Gasteiger partial charge in [-0.1, -0.05) is 42.0 Å². The van der Waals surface area contributed by atoms with Gasteiger partial charge in [-0.3, -0.25) is 0 Å². The topological polar surface area (TPSA) is 12.0 Å². The highest BCUT2D eigenvalue weighted by atomic mass is 19.1. The van der Waals surface area contributed by atoms with E-state index in [1.54, 1.807) is 12.1 Å². The summed E-state index contributed by atoms with van der Waals surface area (Å²) in [6.07, 6.45) is 3.46. The zero-order valence-electron chi connectivity index (χ0n) is 12.5. The van der Waals surface area contributed by atoms with Crippen molar-refractivity contribution < 1.29 is 4.39 Å². The lowest BCUT2D eigenvalue weighted by molar-refractivity contribution is 0.573. The number of nitrogens with one attached hydrogen (secondary N) is 1. The van der Waals surface area contributed by atoms with Crippen molar-refractivity contribution in [2.75, 3.05) is 6.54 Å². The van der Waals surface area contributed by atoms with Crippen LogP contribution in [0.4, 0.5) is 4.39 Å². The Bertz CT molecular complexity index is 604. The van der Waals surface area contributed by atoms with E-state index in [1.165, 1.54) is 30.0 Å². The van der Waals surface area contributed by atoms with Gasteiger partial charge in [-0.05, 0) is 49.4 Å². The first-order valence-electron chi connectivity index (χ1n) is 7.75. The second-order valence-corrected chi connectivity index (χ2v) is 6.13. The van der Waals surface area contributed by atoms with Crippen LogP contribution in [0.25, 0.3) is 0 Å². The molecule has 21 heavy (non-hydrogen) atoms. The Morgan fingerprint density at radius 1 is 1.14 bits per heavy atom. The Morgan fingerprint density at radius 2 is 1.95 bits per heavy atom. The Morgan fingerprint density at radius 3 is 2.67 bits per heavy atom. The van der Waals surface area contributed by atoms with Crippen LogP contribution in [0.5, 0.6) is 0 Å². The smallest absolute Gasteiger partial charge is 0.123 e. The van der Waals surface area contributed by atoms with Crippen molar-refractivity contribution in [2.45, 2.75) is 38.1 Å². The molecule has 110 valence electrons. The van der Waals surface area contributed by atoms with Crippen molar-refractivity contribution in [3.05, 3.63) is 71.0 Å². The molecule has 0 aromatic heterocycles. The highest BCUT2D eigenvalue weighted by Crippen LogP contribution is 2.25. The standard InChI is InChI=1S/C19H22FN/c1-14-4-2-6-16(10-14)17(13-21-19-8-9-19)11-15-5-3-7-18(20)12-15/h2-7,10,12,17,19,21H,8-9,11,13H2,1H3. The SMILES string of the molecule is Cc1cccc(C(CNC2CC2)Cc2cccc(F)c2)c1. The van der Waals surface area contributed by atoms with Gasteiger partial charge in [0.2, 0.25) is 0 Å². The van der Waals surface area contributed by atoms with Crippen LogP contribution in [0.2, 0.25) is 0 Å². The van der Waals surface area contributed by atoms with Crippen molar-refractivity contribution in [2.24, 2.45) is 0 Å². The maximum atomic E-state index is 13.4. The molecule has 2 heteroatoms. The summed E-state index contributed by atoms with van der Waals surface area (Å²) < 4.78 is 13.4. The summed E-state index contributed by atoms with van der Waals surface area (Å²) >= 11 is 0. The molecule has 0 saturated heterocycles. The Labute approximate surface area is 126 Å². The molecule has 0 spiro atoms. The highest BCUT2D eigenvalue weighted by molar-refractivity contribution is 5.28. The number of hydrogen-bond donors (Lipinski definition) is 1. The summed E-state index contributed by atoms with van der Waals surface area (Å²) in [4.78, 5) is 0. The maximum absolute atomic E-state index is 13.4. The molecule has 0 amide bonds. The summed E-state index contributed by atoms with van der Waals surface area (Å²) in [7, 11) is 0. The number of benzene rings is 2. The van der Waals surface area contributed by atoms with Crippen molar-refractivity contribution >= 4 is 0 Å². The molecule has 2 aromatic carbocycles. The van der Waals surface area contributed by atoms with Gasteiger partial charge in [-0.25, -0.2) is 4.39 Å². The molecule has 1 unspecified atom stereocenters. The molecule has 1 saturated carbocycles. The van der Waals surface area contributed by atoms with Crippen LogP contribution in [0.15, 0.2) is 48.5 Å². The van der Waals surface area contributed by atoms with Crippen molar-refractivity contribution in [3.63, 3.8) is 0 Å². The first kappa shape index (κ1) is 14.3. The predicted molar refractivity (Wildman–Crippen MR) is 85.0 cm³/mol. The van der Waals surface area contributed by atoms with E-state index in [-0.39, 0.29) is 5.82 Å². The fourth-order valence-corrected chi connectivity index (χ4v) is 2.78. The Balaban J connectivity index is 1.77. The van der Waals surface area contributed by atoms with E-state index < -0.39 is 0 Å². The van der Waals surface area contributed by atoms with E-state index in [2.05, 4.69) is 36.5 Å². The lowest BCUT2D eigenvalue weighted by Crippen LogP contribution is -2.25. The molecule has 1 nitrogen and oxygen atoms in total. The summed E-state index contributed by atoms with van der Waals surface area (Å²) in [6, 6.07) is 16.3. The molecule has 3 rings (SSSR count). The average molecular weight is 283 g/mol. The third kappa shape index (κ3) is 4.15. The zero-order chi connectivity index (χ0) is 14.7. The molecule has 0 radical (unpaired) electrons. The van der Waals surface area contributed by atoms with Gasteiger partial charge in [0.05, 0.1) is 0 Å². The summed E-state index contributed by atoms with van der Waals surface area (Å²) in [5.41, 5.74) is 3.69. The minimum atomic E-state index is -0.148. The molecule has 1 aliphatic rings. The van der Waals surface area contributed by atoms with Gasteiger partial charge in [0.1, 0.15) is 5.82 Å². The van der Waals surface area contributed by atoms with Crippen LogP contribution in [0, 0.1) is 12.7 Å². The molecule has 0 aliphatic heterocycles. The molecular weight excluding hydrogens is 261 g/mol. The van der Waals surface area contributed by atoms with Crippen LogP contribution >= 0.6 is 0 Å². The van der Waals surface area contributed by atoms with Gasteiger partial charge in [0.25, 0.3) is 0 Å². The van der Waals surface area contributed by atoms with E-state index in [1.807, 2.05) is 6.07 Å². The molecule has 1 aliphatic carbocycles. The van der Waals surface area contributed by atoms with Gasteiger partial charge in [0.15, 0.2) is 0 Å². The van der Waals surface area contributed by atoms with E-state index in [0.717, 1.165) is 18.5 Å². The molecule has 1 N–H and O–H groups in total. The normalized spacial score (nSPS) is 15.9. The molecule has 1 atom stereocenters. The van der Waals surface area contributed by atoms with Gasteiger partial charge in [0, 0.05) is 18.5 Å². The highest BCUT2D eigenvalue weighted by Gasteiger charge is 2.22. The van der Waals surface area contributed by atoms with Crippen molar-refractivity contribution in [3.8, 4) is 0 Å². The first-order valence-corrected chi connectivity index (χ1v) is 7.75. The van der Waals surface area contributed by atoms with Crippen LogP contribution in [0.1, 0.15) is 35.4 Å². The van der Waals surface area contributed by atoms with E-state index >= 15 is 0 Å². The number of halogens is 1. The quantitative estimate of drug-likeness (QED) is 0.837. The maximum Gasteiger partial charge on any atom is 0.123 e. The van der Waals surface area contributed by atoms with Crippen LogP contribution < -0.4 is 5.32 Å². The predicted octanol–water partition coefficient (Wildman–Crippen LogP) is 4.21. The van der Waals surface area contributed by atoms with E-state index in [9.17, 15) is 4.39 Å². The number of rotatable bonds is 6. The third-order valence-electron chi connectivity index (χ3n) is 4.11.